The molecule has 2 heterocycles. The van der Waals surface area contributed by atoms with Crippen LogP contribution >= 0.6 is 11.3 Å². The van der Waals surface area contributed by atoms with Gasteiger partial charge in [0.2, 0.25) is 0 Å². The molecule has 0 amide bonds. The molecule has 1 unspecified atom stereocenters. The molecule has 1 atom stereocenters. The number of hydrogen-bond donors (Lipinski definition) is 1. The first-order chi connectivity index (χ1) is 6.95. The van der Waals surface area contributed by atoms with E-state index in [4.69, 9.17) is 4.74 Å². The molecule has 78 valence electrons. The van der Waals surface area contributed by atoms with Gasteiger partial charge in [0, 0.05) is 30.8 Å². The lowest BCUT2D eigenvalue weighted by atomic mass is 10.0. The molecule has 0 radical (unpaired) electrons. The molecule has 1 aliphatic rings. The third kappa shape index (κ3) is 3.04. The second kappa shape index (κ2) is 5.44. The predicted octanol–water partition coefficient (Wildman–Crippen LogP) is 1.66. The fourth-order valence-corrected chi connectivity index (χ4v) is 2.26. The van der Waals surface area contributed by atoms with E-state index in [0.29, 0.717) is 5.92 Å². The van der Waals surface area contributed by atoms with E-state index < -0.39 is 0 Å². The molecule has 1 N–H and O–H groups in total. The number of rotatable bonds is 4. The summed E-state index contributed by atoms with van der Waals surface area (Å²) >= 11 is 1.70. The topological polar surface area (TPSA) is 34.2 Å². The van der Waals surface area contributed by atoms with E-state index in [1.807, 2.05) is 11.7 Å². The average molecular weight is 212 g/mol. The highest BCUT2D eigenvalue weighted by atomic mass is 32.1. The Bertz CT molecular complexity index is 245. The molecule has 1 fully saturated rings. The zero-order valence-electron chi connectivity index (χ0n) is 8.24. The lowest BCUT2D eigenvalue weighted by molar-refractivity contribution is 0.0548. The van der Waals surface area contributed by atoms with Crippen molar-refractivity contribution in [3.63, 3.8) is 0 Å². The number of nitrogens with zero attached hydrogens (tertiary/aromatic N) is 1. The van der Waals surface area contributed by atoms with Gasteiger partial charge >= 0.3 is 0 Å². The van der Waals surface area contributed by atoms with Gasteiger partial charge in [-0.1, -0.05) is 0 Å². The summed E-state index contributed by atoms with van der Waals surface area (Å²) in [6.45, 7) is 3.89. The number of aromatic nitrogens is 1. The van der Waals surface area contributed by atoms with Crippen LogP contribution in [0.3, 0.4) is 0 Å². The van der Waals surface area contributed by atoms with Crippen molar-refractivity contribution in [3.05, 3.63) is 16.6 Å². The summed E-state index contributed by atoms with van der Waals surface area (Å²) in [4.78, 5) is 5.35. The van der Waals surface area contributed by atoms with Crippen LogP contribution in [0, 0.1) is 5.92 Å². The van der Waals surface area contributed by atoms with Crippen LogP contribution in [0.25, 0.3) is 0 Å². The molecule has 1 saturated heterocycles. The number of nitrogens with one attached hydrogen (secondary N) is 1. The molecular formula is C10H16N2OS. The van der Waals surface area contributed by atoms with E-state index in [2.05, 4.69) is 10.3 Å². The van der Waals surface area contributed by atoms with Crippen molar-refractivity contribution in [2.75, 3.05) is 19.8 Å². The molecule has 1 aromatic rings. The Morgan fingerprint density at radius 1 is 1.64 bits per heavy atom. The Morgan fingerprint density at radius 3 is 3.36 bits per heavy atom. The monoisotopic (exact) mass is 212 g/mol. The highest BCUT2D eigenvalue weighted by molar-refractivity contribution is 7.09. The van der Waals surface area contributed by atoms with Crippen LogP contribution in [0.5, 0.6) is 0 Å². The molecule has 0 aliphatic carbocycles. The third-order valence-corrected chi connectivity index (χ3v) is 3.25. The van der Waals surface area contributed by atoms with E-state index in [-0.39, 0.29) is 0 Å². The van der Waals surface area contributed by atoms with Gasteiger partial charge in [0.15, 0.2) is 0 Å². The van der Waals surface area contributed by atoms with Crippen LogP contribution in [-0.4, -0.2) is 24.7 Å². The normalized spacial score (nSPS) is 22.4. The van der Waals surface area contributed by atoms with Gasteiger partial charge < -0.3 is 10.1 Å². The van der Waals surface area contributed by atoms with E-state index in [1.54, 1.807) is 11.3 Å². The van der Waals surface area contributed by atoms with E-state index in [9.17, 15) is 0 Å². The lowest BCUT2D eigenvalue weighted by Crippen LogP contribution is -2.28. The zero-order valence-corrected chi connectivity index (χ0v) is 9.05. The SMILES string of the molecule is c1ncc(CNCC2CCCOC2)s1. The Balaban J connectivity index is 1.62. The summed E-state index contributed by atoms with van der Waals surface area (Å²) in [5.74, 6) is 0.705. The molecule has 0 aromatic carbocycles. The van der Waals surface area contributed by atoms with Gasteiger partial charge in [-0.15, -0.1) is 11.3 Å². The molecule has 2 rings (SSSR count). The van der Waals surface area contributed by atoms with Gasteiger partial charge in [-0.05, 0) is 18.8 Å². The summed E-state index contributed by atoms with van der Waals surface area (Å²) in [5.41, 5.74) is 1.88. The molecule has 14 heavy (non-hydrogen) atoms. The quantitative estimate of drug-likeness (QED) is 0.824. The molecule has 4 heteroatoms. The van der Waals surface area contributed by atoms with Crippen molar-refractivity contribution >= 4 is 11.3 Å². The highest BCUT2D eigenvalue weighted by Crippen LogP contribution is 2.12. The molecule has 0 saturated carbocycles. The van der Waals surface area contributed by atoms with E-state index >= 15 is 0 Å². The molecule has 1 aromatic heterocycles. The molecular weight excluding hydrogens is 196 g/mol. The van der Waals surface area contributed by atoms with Crippen LogP contribution in [-0.2, 0) is 11.3 Å². The van der Waals surface area contributed by atoms with Crippen molar-refractivity contribution < 1.29 is 4.74 Å². The Morgan fingerprint density at radius 2 is 2.64 bits per heavy atom. The Kier molecular flexibility index (Phi) is 3.91. The molecule has 3 nitrogen and oxygen atoms in total. The first-order valence-corrected chi connectivity index (χ1v) is 5.99. The fourth-order valence-electron chi connectivity index (χ4n) is 1.70. The predicted molar refractivity (Wildman–Crippen MR) is 57.4 cm³/mol. The first kappa shape index (κ1) is 10.1. The van der Waals surface area contributed by atoms with Crippen LogP contribution < -0.4 is 5.32 Å². The summed E-state index contributed by atoms with van der Waals surface area (Å²) in [6, 6.07) is 0. The minimum atomic E-state index is 0.705. The first-order valence-electron chi connectivity index (χ1n) is 5.11. The Labute approximate surface area is 88.5 Å². The largest absolute Gasteiger partial charge is 0.381 e. The molecule has 0 bridgehead atoms. The molecule has 0 spiro atoms. The standard InChI is InChI=1S/C10H16N2OS/c1-2-9(7-13-3-1)4-11-5-10-6-12-8-14-10/h6,8-9,11H,1-5,7H2. The van der Waals surface area contributed by atoms with Gasteiger partial charge in [-0.3, -0.25) is 4.98 Å². The summed E-state index contributed by atoms with van der Waals surface area (Å²) in [5, 5.41) is 3.45. The minimum absolute atomic E-state index is 0.705. The van der Waals surface area contributed by atoms with Crippen molar-refractivity contribution in [2.24, 2.45) is 5.92 Å². The van der Waals surface area contributed by atoms with Crippen molar-refractivity contribution in [1.29, 1.82) is 0 Å². The van der Waals surface area contributed by atoms with Crippen molar-refractivity contribution in [3.8, 4) is 0 Å². The van der Waals surface area contributed by atoms with Crippen LogP contribution in [0.1, 0.15) is 17.7 Å². The fraction of sp³-hybridized carbons (Fsp3) is 0.700. The zero-order chi connectivity index (χ0) is 9.64. The van der Waals surface area contributed by atoms with Crippen LogP contribution in [0.2, 0.25) is 0 Å². The third-order valence-electron chi connectivity index (χ3n) is 2.47. The summed E-state index contributed by atoms with van der Waals surface area (Å²) < 4.78 is 5.42. The second-order valence-corrected chi connectivity index (χ2v) is 4.65. The minimum Gasteiger partial charge on any atom is -0.381 e. The van der Waals surface area contributed by atoms with Gasteiger partial charge in [0.25, 0.3) is 0 Å². The van der Waals surface area contributed by atoms with Crippen LogP contribution in [0.4, 0.5) is 0 Å². The maximum absolute atomic E-state index is 5.42. The second-order valence-electron chi connectivity index (χ2n) is 3.68. The van der Waals surface area contributed by atoms with Gasteiger partial charge in [0.1, 0.15) is 0 Å². The summed E-state index contributed by atoms with van der Waals surface area (Å²) in [6.07, 6.45) is 4.44. The van der Waals surface area contributed by atoms with E-state index in [1.165, 1.54) is 17.7 Å². The van der Waals surface area contributed by atoms with Crippen molar-refractivity contribution in [2.45, 2.75) is 19.4 Å². The smallest absolute Gasteiger partial charge is 0.0794 e. The highest BCUT2D eigenvalue weighted by Gasteiger charge is 2.12. The maximum atomic E-state index is 5.42. The number of hydrogen-bond acceptors (Lipinski definition) is 4. The summed E-state index contributed by atoms with van der Waals surface area (Å²) in [7, 11) is 0. The average Bonchev–Trinajstić information content (AvgIpc) is 2.72. The van der Waals surface area contributed by atoms with Gasteiger partial charge in [-0.2, -0.15) is 0 Å². The molecule has 1 aliphatic heterocycles. The van der Waals surface area contributed by atoms with Gasteiger partial charge in [-0.25, -0.2) is 0 Å². The maximum Gasteiger partial charge on any atom is 0.0794 e. The Hall–Kier alpha value is -0.450. The van der Waals surface area contributed by atoms with Gasteiger partial charge in [0.05, 0.1) is 12.1 Å². The van der Waals surface area contributed by atoms with E-state index in [0.717, 1.165) is 26.3 Å². The lowest BCUT2D eigenvalue weighted by Gasteiger charge is -2.22. The number of thiazole rings is 1. The van der Waals surface area contributed by atoms with Crippen molar-refractivity contribution in [1.82, 2.24) is 10.3 Å². The number of ether oxygens (including phenoxy) is 1. The van der Waals surface area contributed by atoms with Crippen LogP contribution in [0.15, 0.2) is 11.7 Å².